The number of carbonyl (C=O) groups excluding carboxylic acids is 1. The van der Waals surface area contributed by atoms with Crippen LogP contribution >= 0.6 is 0 Å². The summed E-state index contributed by atoms with van der Waals surface area (Å²) < 4.78 is 5.44. The number of pyridine rings is 2. The Bertz CT molecular complexity index is 1260. The van der Waals surface area contributed by atoms with Gasteiger partial charge in [0.2, 0.25) is 5.56 Å². The van der Waals surface area contributed by atoms with E-state index in [-0.39, 0.29) is 17.5 Å². The predicted molar refractivity (Wildman–Crippen MR) is 115 cm³/mol. The molecule has 4 heterocycles. The zero-order valence-electron chi connectivity index (χ0n) is 16.2. The third-order valence-corrected chi connectivity index (χ3v) is 5.42. The molecule has 3 aromatic heterocycles. The highest BCUT2D eigenvalue weighted by atomic mass is 16.3. The molecule has 1 saturated heterocycles. The van der Waals surface area contributed by atoms with Gasteiger partial charge in [0, 0.05) is 47.9 Å². The van der Waals surface area contributed by atoms with E-state index in [0.717, 1.165) is 41.0 Å². The van der Waals surface area contributed by atoms with E-state index in [2.05, 4.69) is 20.2 Å². The van der Waals surface area contributed by atoms with Crippen molar-refractivity contribution in [2.24, 2.45) is 0 Å². The van der Waals surface area contributed by atoms with Crippen molar-refractivity contribution >= 4 is 22.7 Å². The summed E-state index contributed by atoms with van der Waals surface area (Å²) in [5.74, 6) is 0.675. The largest absolute Gasteiger partial charge is 0.464 e. The number of furan rings is 1. The molecule has 150 valence electrons. The highest BCUT2D eigenvalue weighted by molar-refractivity contribution is 5.96. The van der Waals surface area contributed by atoms with Crippen molar-refractivity contribution < 1.29 is 9.21 Å². The van der Waals surface area contributed by atoms with Crippen molar-refractivity contribution in [1.82, 2.24) is 15.3 Å². The lowest BCUT2D eigenvalue weighted by atomic mass is 10.1. The smallest absolute Gasteiger partial charge is 0.251 e. The fraction of sp³-hybridized carbons (Fsp3) is 0.174. The second kappa shape index (κ2) is 7.51. The second-order valence-electron chi connectivity index (χ2n) is 7.37. The van der Waals surface area contributed by atoms with E-state index >= 15 is 0 Å². The molecule has 2 N–H and O–H groups in total. The number of amides is 1. The Morgan fingerprint density at radius 1 is 1.13 bits per heavy atom. The molecule has 0 bridgehead atoms. The van der Waals surface area contributed by atoms with Gasteiger partial charge in [-0.3, -0.25) is 14.6 Å². The molecule has 0 unspecified atom stereocenters. The van der Waals surface area contributed by atoms with Crippen molar-refractivity contribution in [1.29, 1.82) is 0 Å². The molecule has 7 nitrogen and oxygen atoms in total. The van der Waals surface area contributed by atoms with Crippen molar-refractivity contribution in [2.45, 2.75) is 12.5 Å². The fourth-order valence-corrected chi connectivity index (χ4v) is 3.89. The standard InChI is InChI=1S/C23H20N4O3/c28-21-3-1-2-20(26-21)27-12-9-17(14-27)25-23(29)16-6-4-15(5-7-16)22-18-10-13-30-19(18)8-11-24-22/h1-8,10-11,13,17H,9,12,14H2,(H,25,29)(H,26,28)/t17-/m0/s1. The summed E-state index contributed by atoms with van der Waals surface area (Å²) in [6, 6.07) is 16.3. The zero-order chi connectivity index (χ0) is 20.5. The summed E-state index contributed by atoms with van der Waals surface area (Å²) in [6.45, 7) is 1.44. The third-order valence-electron chi connectivity index (χ3n) is 5.42. The molecule has 4 aromatic rings. The maximum atomic E-state index is 12.7. The molecule has 0 saturated carbocycles. The summed E-state index contributed by atoms with van der Waals surface area (Å²) in [5.41, 5.74) is 3.02. The van der Waals surface area contributed by atoms with Gasteiger partial charge in [-0.25, -0.2) is 0 Å². The van der Waals surface area contributed by atoms with Crippen LogP contribution in [0.4, 0.5) is 5.82 Å². The van der Waals surface area contributed by atoms with E-state index in [0.29, 0.717) is 12.1 Å². The first-order chi connectivity index (χ1) is 14.7. The zero-order valence-corrected chi connectivity index (χ0v) is 16.2. The van der Waals surface area contributed by atoms with Crippen LogP contribution in [0.5, 0.6) is 0 Å². The molecule has 7 heteroatoms. The summed E-state index contributed by atoms with van der Waals surface area (Å²) in [4.78, 5) is 33.6. The SMILES string of the molecule is O=C(N[C@H]1CCN(c2cccc(=O)[nH]2)C1)c1ccc(-c2nccc3occc23)cc1. The van der Waals surface area contributed by atoms with E-state index in [1.54, 1.807) is 18.5 Å². The average Bonchev–Trinajstić information content (AvgIpc) is 3.43. The Hall–Kier alpha value is -3.87. The number of H-pyrrole nitrogens is 1. The lowest BCUT2D eigenvalue weighted by Gasteiger charge is -2.18. The van der Waals surface area contributed by atoms with Gasteiger partial charge in [0.1, 0.15) is 11.4 Å². The first kappa shape index (κ1) is 18.2. The van der Waals surface area contributed by atoms with Gasteiger partial charge >= 0.3 is 0 Å². The van der Waals surface area contributed by atoms with Crippen LogP contribution in [0.3, 0.4) is 0 Å². The minimum Gasteiger partial charge on any atom is -0.464 e. The highest BCUT2D eigenvalue weighted by Crippen LogP contribution is 2.27. The fourth-order valence-electron chi connectivity index (χ4n) is 3.89. The van der Waals surface area contributed by atoms with E-state index < -0.39 is 0 Å². The van der Waals surface area contributed by atoms with Crippen molar-refractivity contribution in [3.05, 3.63) is 83.0 Å². The van der Waals surface area contributed by atoms with Gasteiger partial charge in [0.25, 0.3) is 5.91 Å². The summed E-state index contributed by atoms with van der Waals surface area (Å²) in [5, 5.41) is 4.04. The van der Waals surface area contributed by atoms with Gasteiger partial charge in [0.15, 0.2) is 0 Å². The number of aromatic nitrogens is 2. The van der Waals surface area contributed by atoms with E-state index in [1.165, 1.54) is 6.07 Å². The molecule has 0 aliphatic carbocycles. The van der Waals surface area contributed by atoms with Gasteiger partial charge < -0.3 is 19.6 Å². The summed E-state index contributed by atoms with van der Waals surface area (Å²) in [7, 11) is 0. The third kappa shape index (κ3) is 3.45. The van der Waals surface area contributed by atoms with Crippen LogP contribution in [0, 0.1) is 0 Å². The van der Waals surface area contributed by atoms with Crippen LogP contribution in [0.15, 0.2) is 76.3 Å². The molecule has 1 aromatic carbocycles. The van der Waals surface area contributed by atoms with E-state index in [4.69, 9.17) is 4.42 Å². The number of carbonyl (C=O) groups is 1. The monoisotopic (exact) mass is 400 g/mol. The number of nitrogens with one attached hydrogen (secondary N) is 2. The minimum absolute atomic E-state index is 0.0298. The van der Waals surface area contributed by atoms with Crippen LogP contribution in [0.1, 0.15) is 16.8 Å². The van der Waals surface area contributed by atoms with Crippen LogP contribution < -0.4 is 15.8 Å². The quantitative estimate of drug-likeness (QED) is 0.549. The first-order valence-electron chi connectivity index (χ1n) is 9.85. The summed E-state index contributed by atoms with van der Waals surface area (Å²) in [6.07, 6.45) is 4.19. The van der Waals surface area contributed by atoms with Gasteiger partial charge in [-0.05, 0) is 36.8 Å². The van der Waals surface area contributed by atoms with Crippen LogP contribution in [-0.2, 0) is 0 Å². The highest BCUT2D eigenvalue weighted by Gasteiger charge is 2.25. The van der Waals surface area contributed by atoms with Crippen LogP contribution in [0.25, 0.3) is 22.2 Å². The first-order valence-corrected chi connectivity index (χ1v) is 9.85. The molecular formula is C23H20N4O3. The number of nitrogens with zero attached hydrogens (tertiary/aromatic N) is 2. The molecule has 0 spiro atoms. The molecule has 1 amide bonds. The predicted octanol–water partition coefficient (Wildman–Crippen LogP) is 3.19. The Morgan fingerprint density at radius 2 is 2.00 bits per heavy atom. The molecule has 1 aliphatic rings. The van der Waals surface area contributed by atoms with Gasteiger partial charge in [0.05, 0.1) is 12.0 Å². The Morgan fingerprint density at radius 3 is 2.83 bits per heavy atom. The topological polar surface area (TPSA) is 91.2 Å². The number of benzene rings is 1. The maximum absolute atomic E-state index is 12.7. The van der Waals surface area contributed by atoms with E-state index in [1.807, 2.05) is 42.5 Å². The second-order valence-corrected chi connectivity index (χ2v) is 7.37. The Labute approximate surface area is 172 Å². The van der Waals surface area contributed by atoms with Crippen molar-refractivity contribution in [2.75, 3.05) is 18.0 Å². The van der Waals surface area contributed by atoms with Crippen molar-refractivity contribution in [3.63, 3.8) is 0 Å². The van der Waals surface area contributed by atoms with Crippen molar-refractivity contribution in [3.8, 4) is 11.3 Å². The molecule has 1 atom stereocenters. The maximum Gasteiger partial charge on any atom is 0.251 e. The lowest BCUT2D eigenvalue weighted by Crippen LogP contribution is -2.37. The average molecular weight is 400 g/mol. The molecule has 5 rings (SSSR count). The molecular weight excluding hydrogens is 380 g/mol. The number of fused-ring (bicyclic) bond motifs is 1. The Balaban J connectivity index is 1.27. The van der Waals surface area contributed by atoms with Gasteiger partial charge in [-0.15, -0.1) is 0 Å². The Kier molecular flexibility index (Phi) is 4.55. The van der Waals surface area contributed by atoms with Crippen LogP contribution in [0.2, 0.25) is 0 Å². The lowest BCUT2D eigenvalue weighted by molar-refractivity contribution is 0.0940. The van der Waals surface area contributed by atoms with Gasteiger partial charge in [-0.2, -0.15) is 0 Å². The molecule has 30 heavy (non-hydrogen) atoms. The van der Waals surface area contributed by atoms with E-state index in [9.17, 15) is 9.59 Å². The summed E-state index contributed by atoms with van der Waals surface area (Å²) >= 11 is 0. The molecule has 0 radical (unpaired) electrons. The number of hydrogen-bond donors (Lipinski definition) is 2. The number of hydrogen-bond acceptors (Lipinski definition) is 5. The number of aromatic amines is 1. The normalized spacial score (nSPS) is 16.1. The minimum atomic E-state index is -0.124. The molecule has 1 fully saturated rings. The number of rotatable bonds is 4. The van der Waals surface area contributed by atoms with Crippen LogP contribution in [-0.4, -0.2) is 35.0 Å². The van der Waals surface area contributed by atoms with Gasteiger partial charge in [-0.1, -0.05) is 18.2 Å². The molecule has 1 aliphatic heterocycles. The number of anilines is 1.